The van der Waals surface area contributed by atoms with Crippen LogP contribution < -0.4 is 0 Å². The van der Waals surface area contributed by atoms with Crippen molar-refractivity contribution in [1.82, 2.24) is 9.97 Å². The minimum absolute atomic E-state index is 0.272. The van der Waals surface area contributed by atoms with Crippen LogP contribution in [0.1, 0.15) is 18.3 Å². The zero-order valence-electron chi connectivity index (χ0n) is 10.9. The van der Waals surface area contributed by atoms with Crippen molar-refractivity contribution in [3.8, 4) is 11.1 Å². The predicted molar refractivity (Wildman–Crippen MR) is 86.8 cm³/mol. The van der Waals surface area contributed by atoms with E-state index in [4.69, 9.17) is 23.2 Å². The van der Waals surface area contributed by atoms with Crippen molar-refractivity contribution >= 4 is 44.8 Å². The highest BCUT2D eigenvalue weighted by atomic mass is 35.5. The van der Waals surface area contributed by atoms with Gasteiger partial charge in [-0.3, -0.25) is 0 Å². The number of aryl methyl sites for hydroxylation is 1. The Balaban J connectivity index is 2.16. The number of rotatable bonds is 3. The van der Waals surface area contributed by atoms with Crippen molar-refractivity contribution in [1.29, 1.82) is 0 Å². The summed E-state index contributed by atoms with van der Waals surface area (Å²) in [4.78, 5) is 9.55. The van der Waals surface area contributed by atoms with E-state index in [-0.39, 0.29) is 5.88 Å². The van der Waals surface area contributed by atoms with Crippen LogP contribution in [0.25, 0.3) is 21.3 Å². The predicted octanol–water partition coefficient (Wildman–Crippen LogP) is 5.31. The molecule has 102 valence electrons. The van der Waals surface area contributed by atoms with Crippen molar-refractivity contribution < 1.29 is 0 Å². The molecule has 0 bridgehead atoms. The number of aromatic nitrogens is 2. The van der Waals surface area contributed by atoms with Gasteiger partial charge in [0.25, 0.3) is 0 Å². The van der Waals surface area contributed by atoms with Gasteiger partial charge in [0, 0.05) is 10.9 Å². The quantitative estimate of drug-likeness (QED) is 0.482. The number of thiophene rings is 1. The van der Waals surface area contributed by atoms with E-state index in [0.717, 1.165) is 27.8 Å². The molecule has 2 nitrogen and oxygen atoms in total. The molecule has 0 amide bonds. The van der Waals surface area contributed by atoms with Crippen LogP contribution in [0.2, 0.25) is 5.15 Å². The van der Waals surface area contributed by atoms with Crippen LogP contribution in [0.3, 0.4) is 0 Å². The molecule has 0 aliphatic carbocycles. The van der Waals surface area contributed by atoms with Gasteiger partial charge in [0.1, 0.15) is 15.8 Å². The van der Waals surface area contributed by atoms with Gasteiger partial charge in [-0.15, -0.1) is 22.9 Å². The maximum Gasteiger partial charge on any atom is 0.146 e. The largest absolute Gasteiger partial charge is 0.221 e. The van der Waals surface area contributed by atoms with E-state index in [0.29, 0.717) is 11.0 Å². The van der Waals surface area contributed by atoms with Gasteiger partial charge in [0.2, 0.25) is 0 Å². The van der Waals surface area contributed by atoms with E-state index in [2.05, 4.69) is 46.5 Å². The Bertz CT molecular complexity index is 750. The second-order valence-electron chi connectivity index (χ2n) is 4.44. The van der Waals surface area contributed by atoms with E-state index in [1.807, 2.05) is 0 Å². The molecule has 0 aliphatic heterocycles. The Morgan fingerprint density at radius 1 is 1.15 bits per heavy atom. The molecule has 2 heterocycles. The first-order valence-electron chi connectivity index (χ1n) is 6.31. The molecule has 0 N–H and O–H groups in total. The van der Waals surface area contributed by atoms with Gasteiger partial charge in [0.15, 0.2) is 0 Å². The fourth-order valence-electron chi connectivity index (χ4n) is 2.13. The molecule has 20 heavy (non-hydrogen) atoms. The van der Waals surface area contributed by atoms with Crippen LogP contribution in [-0.4, -0.2) is 9.97 Å². The molecule has 0 unspecified atom stereocenters. The first kappa shape index (κ1) is 13.8. The second-order valence-corrected chi connectivity index (χ2v) is 5.93. The Labute approximate surface area is 131 Å². The SMILES string of the molecule is CCc1ccc(-c2csc3nc(CCl)nc(Cl)c23)cc1. The summed E-state index contributed by atoms with van der Waals surface area (Å²) in [5.41, 5.74) is 3.54. The van der Waals surface area contributed by atoms with Crippen molar-refractivity contribution in [2.75, 3.05) is 0 Å². The minimum Gasteiger partial charge on any atom is -0.221 e. The standard InChI is InChI=1S/C15H12Cl2N2S/c1-2-9-3-5-10(6-4-9)11-8-20-15-13(11)14(17)18-12(7-16)19-15/h3-6,8H,2,7H2,1H3. The van der Waals surface area contributed by atoms with Gasteiger partial charge >= 0.3 is 0 Å². The number of benzene rings is 1. The minimum atomic E-state index is 0.272. The smallest absolute Gasteiger partial charge is 0.146 e. The first-order chi connectivity index (χ1) is 9.72. The number of hydrogen-bond donors (Lipinski definition) is 0. The topological polar surface area (TPSA) is 25.8 Å². The van der Waals surface area contributed by atoms with E-state index in [9.17, 15) is 0 Å². The molecule has 5 heteroatoms. The normalized spacial score (nSPS) is 11.2. The summed E-state index contributed by atoms with van der Waals surface area (Å²) in [7, 11) is 0. The lowest BCUT2D eigenvalue weighted by Crippen LogP contribution is -1.91. The maximum atomic E-state index is 6.29. The molecule has 3 aromatic rings. The maximum absolute atomic E-state index is 6.29. The Morgan fingerprint density at radius 2 is 1.90 bits per heavy atom. The summed E-state index contributed by atoms with van der Waals surface area (Å²) in [5, 5.41) is 3.46. The van der Waals surface area contributed by atoms with Gasteiger partial charge in [-0.05, 0) is 17.5 Å². The molecular weight excluding hydrogens is 311 g/mol. The number of nitrogens with zero attached hydrogens (tertiary/aromatic N) is 2. The summed E-state index contributed by atoms with van der Waals surface area (Å²) in [6.45, 7) is 2.15. The third-order valence-electron chi connectivity index (χ3n) is 3.23. The molecule has 0 spiro atoms. The van der Waals surface area contributed by atoms with Crippen LogP contribution in [0.15, 0.2) is 29.6 Å². The first-order valence-corrected chi connectivity index (χ1v) is 8.11. The molecule has 0 radical (unpaired) electrons. The monoisotopic (exact) mass is 322 g/mol. The molecule has 1 aromatic carbocycles. The third kappa shape index (κ3) is 2.41. The zero-order chi connectivity index (χ0) is 14.1. The highest BCUT2D eigenvalue weighted by Gasteiger charge is 2.13. The van der Waals surface area contributed by atoms with Crippen molar-refractivity contribution in [3.05, 3.63) is 46.2 Å². The molecule has 0 atom stereocenters. The number of fused-ring (bicyclic) bond motifs is 1. The summed E-state index contributed by atoms with van der Waals surface area (Å²) >= 11 is 13.6. The zero-order valence-corrected chi connectivity index (χ0v) is 13.2. The number of alkyl halides is 1. The van der Waals surface area contributed by atoms with Crippen molar-refractivity contribution in [2.45, 2.75) is 19.2 Å². The third-order valence-corrected chi connectivity index (χ3v) is 4.61. The van der Waals surface area contributed by atoms with Crippen LogP contribution >= 0.6 is 34.5 Å². The molecule has 3 rings (SSSR count). The molecule has 0 saturated heterocycles. The van der Waals surface area contributed by atoms with E-state index < -0.39 is 0 Å². The van der Waals surface area contributed by atoms with Gasteiger partial charge in [-0.25, -0.2) is 9.97 Å². The van der Waals surface area contributed by atoms with Crippen molar-refractivity contribution in [2.24, 2.45) is 0 Å². The molecule has 0 aliphatic rings. The molecule has 0 saturated carbocycles. The van der Waals surface area contributed by atoms with E-state index >= 15 is 0 Å². The van der Waals surface area contributed by atoms with Crippen LogP contribution in [0.5, 0.6) is 0 Å². The average molecular weight is 323 g/mol. The lowest BCUT2D eigenvalue weighted by atomic mass is 10.0. The van der Waals surface area contributed by atoms with Gasteiger partial charge in [-0.1, -0.05) is 42.8 Å². The van der Waals surface area contributed by atoms with Gasteiger partial charge in [-0.2, -0.15) is 0 Å². The van der Waals surface area contributed by atoms with Gasteiger partial charge in [0.05, 0.1) is 11.3 Å². The van der Waals surface area contributed by atoms with Gasteiger partial charge < -0.3 is 0 Å². The van der Waals surface area contributed by atoms with Crippen LogP contribution in [0, 0.1) is 0 Å². The highest BCUT2D eigenvalue weighted by Crippen LogP contribution is 2.36. The summed E-state index contributed by atoms with van der Waals surface area (Å²) < 4.78 is 0. The summed E-state index contributed by atoms with van der Waals surface area (Å²) in [5.74, 6) is 0.840. The van der Waals surface area contributed by atoms with E-state index in [1.165, 1.54) is 5.56 Å². The summed E-state index contributed by atoms with van der Waals surface area (Å²) in [6, 6.07) is 8.51. The Hall–Kier alpha value is -1.16. The molecular formula is C15H12Cl2N2S. The lowest BCUT2D eigenvalue weighted by Gasteiger charge is -2.03. The number of hydrogen-bond acceptors (Lipinski definition) is 3. The van der Waals surface area contributed by atoms with Crippen molar-refractivity contribution in [3.63, 3.8) is 0 Å². The number of halogens is 2. The highest BCUT2D eigenvalue weighted by molar-refractivity contribution is 7.17. The van der Waals surface area contributed by atoms with Crippen LogP contribution in [-0.2, 0) is 12.3 Å². The van der Waals surface area contributed by atoms with E-state index in [1.54, 1.807) is 11.3 Å². The van der Waals surface area contributed by atoms with Crippen LogP contribution in [0.4, 0.5) is 0 Å². The second kappa shape index (κ2) is 5.68. The average Bonchev–Trinajstić information content (AvgIpc) is 2.91. The molecule has 2 aromatic heterocycles. The lowest BCUT2D eigenvalue weighted by molar-refractivity contribution is 1.07. The molecule has 0 fully saturated rings. The Kier molecular flexibility index (Phi) is 3.92. The Morgan fingerprint density at radius 3 is 2.55 bits per heavy atom. The fraction of sp³-hybridized carbons (Fsp3) is 0.200. The fourth-order valence-corrected chi connectivity index (χ4v) is 3.56. The summed E-state index contributed by atoms with van der Waals surface area (Å²) in [6.07, 6.45) is 1.04.